The van der Waals surface area contributed by atoms with E-state index in [0.29, 0.717) is 0 Å². The SMILES string of the molecule is COc1cccc([C@H](N)[C@H](O)C(C)C)c1F.Cl. The molecule has 0 heterocycles. The van der Waals surface area contributed by atoms with Gasteiger partial charge in [0.2, 0.25) is 0 Å². The molecule has 1 rings (SSSR count). The van der Waals surface area contributed by atoms with Gasteiger partial charge in [-0.15, -0.1) is 12.4 Å². The molecule has 5 heteroatoms. The number of rotatable bonds is 4. The number of nitrogens with two attached hydrogens (primary N) is 1. The molecular weight excluding hydrogens is 245 g/mol. The second-order valence-electron chi connectivity index (χ2n) is 4.12. The summed E-state index contributed by atoms with van der Waals surface area (Å²) in [6.07, 6.45) is -0.776. The van der Waals surface area contributed by atoms with Gasteiger partial charge in [-0.2, -0.15) is 0 Å². The van der Waals surface area contributed by atoms with E-state index in [0.717, 1.165) is 0 Å². The number of aliphatic hydroxyl groups is 1. The van der Waals surface area contributed by atoms with Gasteiger partial charge in [0.05, 0.1) is 19.3 Å². The molecule has 1 aromatic carbocycles. The maximum atomic E-state index is 13.8. The second kappa shape index (κ2) is 6.79. The van der Waals surface area contributed by atoms with Crippen LogP contribution in [-0.4, -0.2) is 18.3 Å². The quantitative estimate of drug-likeness (QED) is 0.876. The van der Waals surface area contributed by atoms with Crippen LogP contribution in [0.3, 0.4) is 0 Å². The van der Waals surface area contributed by atoms with Gasteiger partial charge < -0.3 is 15.6 Å². The van der Waals surface area contributed by atoms with Gasteiger partial charge in [-0.25, -0.2) is 4.39 Å². The smallest absolute Gasteiger partial charge is 0.169 e. The molecule has 17 heavy (non-hydrogen) atoms. The van der Waals surface area contributed by atoms with E-state index in [4.69, 9.17) is 10.5 Å². The van der Waals surface area contributed by atoms with E-state index >= 15 is 0 Å². The van der Waals surface area contributed by atoms with Crippen molar-refractivity contribution in [1.82, 2.24) is 0 Å². The fraction of sp³-hybridized carbons (Fsp3) is 0.500. The molecule has 0 radical (unpaired) electrons. The zero-order chi connectivity index (χ0) is 12.3. The monoisotopic (exact) mass is 263 g/mol. The lowest BCUT2D eigenvalue weighted by Gasteiger charge is -2.23. The molecule has 0 bridgehead atoms. The molecule has 0 aromatic heterocycles. The molecule has 0 unspecified atom stereocenters. The van der Waals surface area contributed by atoms with Crippen LogP contribution in [0.15, 0.2) is 18.2 Å². The minimum atomic E-state index is -0.776. The van der Waals surface area contributed by atoms with Gasteiger partial charge >= 0.3 is 0 Å². The average Bonchev–Trinajstić information content (AvgIpc) is 2.27. The summed E-state index contributed by atoms with van der Waals surface area (Å²) in [6.45, 7) is 3.67. The highest BCUT2D eigenvalue weighted by atomic mass is 35.5. The van der Waals surface area contributed by atoms with Gasteiger partial charge in [-0.1, -0.05) is 26.0 Å². The highest BCUT2D eigenvalue weighted by molar-refractivity contribution is 5.85. The number of methoxy groups -OCH3 is 1. The van der Waals surface area contributed by atoms with Crippen molar-refractivity contribution in [2.45, 2.75) is 26.0 Å². The Morgan fingerprint density at radius 3 is 2.41 bits per heavy atom. The molecule has 0 spiro atoms. The maximum Gasteiger partial charge on any atom is 0.169 e. The van der Waals surface area contributed by atoms with Gasteiger partial charge in [-0.05, 0) is 12.0 Å². The van der Waals surface area contributed by atoms with E-state index in [9.17, 15) is 9.50 Å². The summed E-state index contributed by atoms with van der Waals surface area (Å²) in [5.74, 6) is -0.387. The lowest BCUT2D eigenvalue weighted by Crippen LogP contribution is -2.31. The van der Waals surface area contributed by atoms with Crippen LogP contribution in [0, 0.1) is 11.7 Å². The van der Waals surface area contributed by atoms with Crippen LogP contribution in [-0.2, 0) is 0 Å². The highest BCUT2D eigenvalue weighted by Crippen LogP contribution is 2.27. The third-order valence-corrected chi connectivity index (χ3v) is 2.62. The molecule has 0 saturated carbocycles. The summed E-state index contributed by atoms with van der Waals surface area (Å²) < 4.78 is 18.7. The normalized spacial score (nSPS) is 14.1. The Morgan fingerprint density at radius 1 is 1.35 bits per heavy atom. The summed E-state index contributed by atoms with van der Waals surface area (Å²) in [4.78, 5) is 0. The van der Waals surface area contributed by atoms with Crippen LogP contribution in [0.2, 0.25) is 0 Å². The van der Waals surface area contributed by atoms with E-state index in [-0.39, 0.29) is 29.6 Å². The topological polar surface area (TPSA) is 55.5 Å². The largest absolute Gasteiger partial charge is 0.494 e. The molecule has 0 aliphatic rings. The van der Waals surface area contributed by atoms with Crippen LogP contribution in [0.4, 0.5) is 4.39 Å². The summed E-state index contributed by atoms with van der Waals surface area (Å²) >= 11 is 0. The number of benzene rings is 1. The third-order valence-electron chi connectivity index (χ3n) is 2.62. The highest BCUT2D eigenvalue weighted by Gasteiger charge is 2.24. The first kappa shape index (κ1) is 16.2. The van der Waals surface area contributed by atoms with Gasteiger partial charge in [0.25, 0.3) is 0 Å². The van der Waals surface area contributed by atoms with Crippen molar-refractivity contribution in [3.05, 3.63) is 29.6 Å². The maximum absolute atomic E-state index is 13.8. The van der Waals surface area contributed by atoms with Gasteiger partial charge in [0.15, 0.2) is 11.6 Å². The van der Waals surface area contributed by atoms with Crippen molar-refractivity contribution in [3.8, 4) is 5.75 Å². The van der Waals surface area contributed by atoms with E-state index < -0.39 is 18.0 Å². The Morgan fingerprint density at radius 2 is 1.94 bits per heavy atom. The van der Waals surface area contributed by atoms with Gasteiger partial charge in [0.1, 0.15) is 0 Å². The Labute approximate surface area is 107 Å². The lowest BCUT2D eigenvalue weighted by atomic mass is 9.94. The molecule has 3 nitrogen and oxygen atoms in total. The number of ether oxygens (including phenoxy) is 1. The third kappa shape index (κ3) is 3.56. The van der Waals surface area contributed by atoms with Crippen LogP contribution in [0.1, 0.15) is 25.5 Å². The second-order valence-corrected chi connectivity index (χ2v) is 4.12. The van der Waals surface area contributed by atoms with Crippen molar-refractivity contribution in [2.24, 2.45) is 11.7 Å². The Balaban J connectivity index is 0.00000256. The Bertz CT molecular complexity index is 360. The summed E-state index contributed by atoms with van der Waals surface area (Å²) in [5.41, 5.74) is 6.10. The van der Waals surface area contributed by atoms with E-state index in [1.54, 1.807) is 12.1 Å². The van der Waals surface area contributed by atoms with Crippen LogP contribution >= 0.6 is 12.4 Å². The number of halogens is 2. The van der Waals surface area contributed by atoms with Crippen LogP contribution in [0.25, 0.3) is 0 Å². The van der Waals surface area contributed by atoms with E-state index in [2.05, 4.69) is 0 Å². The number of hydrogen-bond donors (Lipinski definition) is 2. The van der Waals surface area contributed by atoms with Crippen molar-refractivity contribution in [1.29, 1.82) is 0 Å². The lowest BCUT2D eigenvalue weighted by molar-refractivity contribution is 0.0964. The van der Waals surface area contributed by atoms with Crippen molar-refractivity contribution >= 4 is 12.4 Å². The standard InChI is InChI=1S/C12H18FNO2.ClH/c1-7(2)12(15)11(14)8-5-4-6-9(16-3)10(8)13;/h4-7,11-12,15H,14H2,1-3H3;1H/t11-,12+;/m0./s1. The first-order valence-corrected chi connectivity index (χ1v) is 5.25. The minimum Gasteiger partial charge on any atom is -0.494 e. The summed E-state index contributed by atoms with van der Waals surface area (Å²) in [7, 11) is 1.40. The number of hydrogen-bond acceptors (Lipinski definition) is 3. The van der Waals surface area contributed by atoms with Crippen molar-refractivity contribution < 1.29 is 14.2 Å². The number of aliphatic hydroxyl groups excluding tert-OH is 1. The average molecular weight is 264 g/mol. The van der Waals surface area contributed by atoms with Gasteiger partial charge in [0, 0.05) is 5.56 Å². The van der Waals surface area contributed by atoms with E-state index in [1.165, 1.54) is 13.2 Å². The summed E-state index contributed by atoms with van der Waals surface area (Å²) in [6, 6.07) is 4.00. The predicted molar refractivity (Wildman–Crippen MR) is 68.0 cm³/mol. The van der Waals surface area contributed by atoms with Crippen LogP contribution in [0.5, 0.6) is 5.75 Å². The molecule has 1 aromatic rings. The fourth-order valence-electron chi connectivity index (χ4n) is 1.54. The molecule has 98 valence electrons. The minimum absolute atomic E-state index is 0. The van der Waals surface area contributed by atoms with Gasteiger partial charge in [-0.3, -0.25) is 0 Å². The molecule has 3 N–H and O–H groups in total. The first-order valence-electron chi connectivity index (χ1n) is 5.25. The Hall–Kier alpha value is -0.840. The van der Waals surface area contributed by atoms with Crippen molar-refractivity contribution in [3.63, 3.8) is 0 Å². The molecular formula is C12H19ClFNO2. The Kier molecular flexibility index (Phi) is 6.45. The molecule has 0 aliphatic heterocycles. The van der Waals surface area contributed by atoms with Crippen molar-refractivity contribution in [2.75, 3.05) is 7.11 Å². The first-order chi connectivity index (χ1) is 7.49. The molecule has 2 atom stereocenters. The van der Waals surface area contributed by atoms with E-state index in [1.807, 2.05) is 13.8 Å². The zero-order valence-electron chi connectivity index (χ0n) is 10.2. The zero-order valence-corrected chi connectivity index (χ0v) is 11.0. The molecule has 0 fully saturated rings. The predicted octanol–water partition coefficient (Wildman–Crippen LogP) is 2.27. The molecule has 0 amide bonds. The summed E-state index contributed by atoms with van der Waals surface area (Å²) in [5, 5.41) is 9.80. The molecule has 0 aliphatic carbocycles. The van der Waals surface area contributed by atoms with Crippen LogP contribution < -0.4 is 10.5 Å². The fourth-order valence-corrected chi connectivity index (χ4v) is 1.54. The molecule has 0 saturated heterocycles.